The van der Waals surface area contributed by atoms with Crippen molar-refractivity contribution in [2.45, 2.75) is 26.8 Å². The third-order valence-corrected chi connectivity index (χ3v) is 6.46. The Hall–Kier alpha value is -2.75. The van der Waals surface area contributed by atoms with Gasteiger partial charge >= 0.3 is 0 Å². The van der Waals surface area contributed by atoms with E-state index in [0.717, 1.165) is 38.2 Å². The van der Waals surface area contributed by atoms with E-state index in [1.54, 1.807) is 29.1 Å². The first-order valence-corrected chi connectivity index (χ1v) is 10.3. The molecule has 1 aliphatic rings. The summed E-state index contributed by atoms with van der Waals surface area (Å²) in [6.45, 7) is 4.72. The van der Waals surface area contributed by atoms with Crippen LogP contribution < -0.4 is 15.0 Å². The summed E-state index contributed by atoms with van der Waals surface area (Å²) in [4.78, 5) is 19.7. The fourth-order valence-corrected chi connectivity index (χ4v) is 4.83. The molecule has 4 rings (SSSR count). The van der Waals surface area contributed by atoms with Gasteiger partial charge in [0, 0.05) is 11.4 Å². The maximum atomic E-state index is 13.0. The number of ether oxygens (including phenoxy) is 2. The molecule has 2 aromatic heterocycles. The highest BCUT2D eigenvalue weighted by Crippen LogP contribution is 2.38. The highest BCUT2D eigenvalue weighted by molar-refractivity contribution is 7.18. The molecule has 0 saturated heterocycles. The second-order valence-electron chi connectivity index (χ2n) is 6.80. The van der Waals surface area contributed by atoms with E-state index in [9.17, 15) is 4.79 Å². The van der Waals surface area contributed by atoms with Crippen LogP contribution >= 0.6 is 22.9 Å². The van der Waals surface area contributed by atoms with Crippen molar-refractivity contribution in [2.24, 2.45) is 0 Å². The lowest BCUT2D eigenvalue weighted by atomic mass is 10.1. The van der Waals surface area contributed by atoms with Crippen LogP contribution in [0, 0.1) is 26.2 Å². The average molecular weight is 427 g/mol. The van der Waals surface area contributed by atoms with Crippen molar-refractivity contribution in [3.05, 3.63) is 49.3 Å². The molecule has 3 heterocycles. The number of benzene rings is 1. The molecule has 0 spiro atoms. The smallest absolute Gasteiger partial charge is 0.262 e. The van der Waals surface area contributed by atoms with Crippen LogP contribution in [0.2, 0.25) is 5.02 Å². The fourth-order valence-electron chi connectivity index (χ4n) is 3.54. The summed E-state index contributed by atoms with van der Waals surface area (Å²) in [5, 5.41) is 1.15. The molecule has 1 aromatic carbocycles. The third kappa shape index (κ3) is 3.31. The molecule has 3 aromatic rings. The Morgan fingerprint density at radius 2 is 2.21 bits per heavy atom. The molecule has 1 aliphatic heterocycles. The van der Waals surface area contributed by atoms with Crippen LogP contribution in [0.3, 0.4) is 0 Å². The highest BCUT2D eigenvalue weighted by Gasteiger charge is 2.23. The molecule has 0 atom stereocenters. The Kier molecular flexibility index (Phi) is 5.12. The van der Waals surface area contributed by atoms with E-state index in [0.29, 0.717) is 28.9 Å². The van der Waals surface area contributed by atoms with Crippen LogP contribution in [0.4, 0.5) is 0 Å². The standard InChI is InChI=1S/C22H19ClN2O3S/c1-5-8-28-19-16(23)10-14(11-17(19)27-4)9-15-6-7-25-20(15)24-21-18(22(25)26)12(2)13(3)29-21/h1,9-11H,6-8H2,2-4H3/b15-9-. The van der Waals surface area contributed by atoms with Crippen molar-refractivity contribution in [3.63, 3.8) is 0 Å². The largest absolute Gasteiger partial charge is 0.493 e. The van der Waals surface area contributed by atoms with Gasteiger partial charge in [0.1, 0.15) is 17.3 Å². The number of thiophene rings is 1. The summed E-state index contributed by atoms with van der Waals surface area (Å²) < 4.78 is 12.7. The minimum atomic E-state index is 0.0314. The van der Waals surface area contributed by atoms with Gasteiger partial charge in [-0.2, -0.15) is 0 Å². The SMILES string of the molecule is C#CCOc1c(Cl)cc(/C=C2/CCn3c2nc2sc(C)c(C)c2c3=O)cc1OC. The summed E-state index contributed by atoms with van der Waals surface area (Å²) in [7, 11) is 1.55. The Morgan fingerprint density at radius 1 is 1.41 bits per heavy atom. The van der Waals surface area contributed by atoms with Crippen LogP contribution in [0.25, 0.3) is 21.9 Å². The number of aryl methyl sites for hydroxylation is 2. The number of rotatable bonds is 4. The van der Waals surface area contributed by atoms with Gasteiger partial charge in [-0.25, -0.2) is 4.98 Å². The summed E-state index contributed by atoms with van der Waals surface area (Å²) in [6.07, 6.45) is 7.98. The molecule has 0 saturated carbocycles. The number of hydrogen-bond donors (Lipinski definition) is 0. The number of fused-ring (bicyclic) bond motifs is 2. The monoisotopic (exact) mass is 426 g/mol. The van der Waals surface area contributed by atoms with Crippen molar-refractivity contribution in [3.8, 4) is 23.8 Å². The zero-order valence-corrected chi connectivity index (χ0v) is 17.9. The second kappa shape index (κ2) is 7.58. The molecule has 0 unspecified atom stereocenters. The van der Waals surface area contributed by atoms with E-state index in [1.165, 1.54) is 0 Å². The molecule has 5 nitrogen and oxygen atoms in total. The molecular weight excluding hydrogens is 408 g/mol. The number of allylic oxidation sites excluding steroid dienone is 1. The van der Waals surface area contributed by atoms with Crippen LogP contribution in [0.1, 0.15) is 28.2 Å². The Balaban J connectivity index is 1.81. The molecule has 0 bridgehead atoms. The van der Waals surface area contributed by atoms with E-state index in [1.807, 2.05) is 26.0 Å². The van der Waals surface area contributed by atoms with Gasteiger partial charge in [0.05, 0.1) is 17.5 Å². The maximum absolute atomic E-state index is 13.0. The molecule has 29 heavy (non-hydrogen) atoms. The second-order valence-corrected chi connectivity index (χ2v) is 8.41. The summed E-state index contributed by atoms with van der Waals surface area (Å²) in [5.74, 6) is 4.05. The lowest BCUT2D eigenvalue weighted by Gasteiger charge is -2.12. The lowest BCUT2D eigenvalue weighted by molar-refractivity contribution is 0.331. The van der Waals surface area contributed by atoms with Gasteiger partial charge in [0.2, 0.25) is 0 Å². The normalized spacial score (nSPS) is 14.2. The Bertz CT molecular complexity index is 1260. The quantitative estimate of drug-likeness (QED) is 0.568. The maximum Gasteiger partial charge on any atom is 0.262 e. The first-order valence-electron chi connectivity index (χ1n) is 9.10. The van der Waals surface area contributed by atoms with Gasteiger partial charge in [0.15, 0.2) is 11.5 Å². The number of nitrogens with zero attached hydrogens (tertiary/aromatic N) is 2. The zero-order valence-electron chi connectivity index (χ0n) is 16.3. The molecule has 0 fully saturated rings. The summed E-state index contributed by atoms with van der Waals surface area (Å²) >= 11 is 7.95. The molecule has 7 heteroatoms. The average Bonchev–Trinajstić information content (AvgIpc) is 3.22. The predicted molar refractivity (Wildman–Crippen MR) is 118 cm³/mol. The van der Waals surface area contributed by atoms with E-state index in [-0.39, 0.29) is 12.2 Å². The number of terminal acetylenes is 1. The molecular formula is C22H19ClN2O3S. The predicted octanol–water partition coefficient (Wildman–Crippen LogP) is 4.69. The molecule has 0 aliphatic carbocycles. The molecule has 0 radical (unpaired) electrons. The van der Waals surface area contributed by atoms with Crippen LogP contribution in [-0.2, 0) is 6.54 Å². The minimum absolute atomic E-state index is 0.0314. The fraction of sp³-hybridized carbons (Fsp3) is 0.273. The van der Waals surface area contributed by atoms with Crippen LogP contribution in [0.5, 0.6) is 11.5 Å². The van der Waals surface area contributed by atoms with E-state index in [4.69, 9.17) is 32.5 Å². The van der Waals surface area contributed by atoms with Gasteiger partial charge in [0.25, 0.3) is 5.56 Å². The Labute approximate surface area is 177 Å². The zero-order chi connectivity index (χ0) is 20.7. The van der Waals surface area contributed by atoms with Gasteiger partial charge in [-0.1, -0.05) is 17.5 Å². The first kappa shape index (κ1) is 19.6. The van der Waals surface area contributed by atoms with Gasteiger partial charge < -0.3 is 9.47 Å². The van der Waals surface area contributed by atoms with Gasteiger partial charge in [-0.3, -0.25) is 9.36 Å². The van der Waals surface area contributed by atoms with Crippen LogP contribution in [0.15, 0.2) is 16.9 Å². The number of hydrogen-bond acceptors (Lipinski definition) is 5. The van der Waals surface area contributed by atoms with Crippen molar-refractivity contribution in [2.75, 3.05) is 13.7 Å². The summed E-state index contributed by atoms with van der Waals surface area (Å²) in [6, 6.07) is 3.63. The highest BCUT2D eigenvalue weighted by atomic mass is 35.5. The van der Waals surface area contributed by atoms with Crippen molar-refractivity contribution < 1.29 is 9.47 Å². The molecule has 0 amide bonds. The minimum Gasteiger partial charge on any atom is -0.493 e. The topological polar surface area (TPSA) is 53.4 Å². The summed E-state index contributed by atoms with van der Waals surface area (Å²) in [5.41, 5.74) is 2.89. The van der Waals surface area contributed by atoms with Crippen molar-refractivity contribution in [1.29, 1.82) is 0 Å². The number of methoxy groups -OCH3 is 1. The third-order valence-electron chi connectivity index (χ3n) is 5.07. The van der Waals surface area contributed by atoms with Gasteiger partial charge in [-0.05, 0) is 55.2 Å². The van der Waals surface area contributed by atoms with Gasteiger partial charge in [-0.15, -0.1) is 17.8 Å². The Morgan fingerprint density at radius 3 is 2.93 bits per heavy atom. The number of halogens is 1. The van der Waals surface area contributed by atoms with E-state index in [2.05, 4.69) is 5.92 Å². The first-order chi connectivity index (χ1) is 13.9. The van der Waals surface area contributed by atoms with Crippen molar-refractivity contribution >= 4 is 44.8 Å². The van der Waals surface area contributed by atoms with E-state index >= 15 is 0 Å². The molecule has 0 N–H and O–H groups in total. The lowest BCUT2D eigenvalue weighted by Crippen LogP contribution is -2.20. The van der Waals surface area contributed by atoms with E-state index < -0.39 is 0 Å². The molecule has 148 valence electrons. The van der Waals surface area contributed by atoms with Crippen molar-refractivity contribution in [1.82, 2.24) is 9.55 Å². The number of aromatic nitrogens is 2. The van der Waals surface area contributed by atoms with Crippen LogP contribution in [-0.4, -0.2) is 23.3 Å².